The largest absolute Gasteiger partial charge is 0.459 e. The van der Waals surface area contributed by atoms with Gasteiger partial charge in [0.1, 0.15) is 0 Å². The van der Waals surface area contributed by atoms with Crippen molar-refractivity contribution >= 4 is 5.97 Å². The minimum Gasteiger partial charge on any atom is -0.459 e. The van der Waals surface area contributed by atoms with Crippen LogP contribution in [0.2, 0.25) is 0 Å². The molecule has 0 bridgehead atoms. The van der Waals surface area contributed by atoms with Crippen molar-refractivity contribution in [3.8, 4) is 11.8 Å². The molecule has 0 aliphatic carbocycles. The maximum atomic E-state index is 10.6. The van der Waals surface area contributed by atoms with Gasteiger partial charge in [-0.25, -0.2) is 4.79 Å². The van der Waals surface area contributed by atoms with Crippen LogP contribution in [0.1, 0.15) is 19.3 Å². The van der Waals surface area contributed by atoms with Crippen molar-refractivity contribution < 1.29 is 14.3 Å². The molecule has 0 unspecified atom stereocenters. The highest BCUT2D eigenvalue weighted by molar-refractivity contribution is 5.88. The van der Waals surface area contributed by atoms with E-state index >= 15 is 0 Å². The lowest BCUT2D eigenvalue weighted by molar-refractivity contribution is -0.133. The topological polar surface area (TPSA) is 35.5 Å². The zero-order chi connectivity index (χ0) is 9.52. The van der Waals surface area contributed by atoms with Gasteiger partial charge in [0, 0.05) is 25.6 Å². The van der Waals surface area contributed by atoms with Gasteiger partial charge in [-0.2, -0.15) is 0 Å². The Morgan fingerprint density at radius 3 is 2.85 bits per heavy atom. The number of hydrogen-bond acceptors (Lipinski definition) is 3. The lowest BCUT2D eigenvalue weighted by Gasteiger charge is -2.19. The fourth-order valence-corrected chi connectivity index (χ4v) is 1.27. The molecule has 1 fully saturated rings. The summed E-state index contributed by atoms with van der Waals surface area (Å²) in [5, 5.41) is 0. The molecule has 1 rings (SSSR count). The van der Waals surface area contributed by atoms with Crippen molar-refractivity contribution in [1.82, 2.24) is 0 Å². The van der Waals surface area contributed by atoms with Crippen LogP contribution in [0.25, 0.3) is 0 Å². The molecule has 1 heterocycles. The van der Waals surface area contributed by atoms with Crippen LogP contribution in [0.4, 0.5) is 0 Å². The van der Waals surface area contributed by atoms with E-state index in [2.05, 4.69) is 16.6 Å². The van der Waals surface area contributed by atoms with Crippen LogP contribution in [0.5, 0.6) is 0 Å². The average Bonchev–Trinajstić information content (AvgIpc) is 2.19. The summed E-state index contributed by atoms with van der Waals surface area (Å²) in [7, 11) is 1.34. The Morgan fingerprint density at radius 2 is 2.23 bits per heavy atom. The van der Waals surface area contributed by atoms with E-state index in [9.17, 15) is 4.79 Å². The van der Waals surface area contributed by atoms with Crippen LogP contribution in [-0.2, 0) is 14.3 Å². The van der Waals surface area contributed by atoms with E-state index < -0.39 is 5.97 Å². The maximum absolute atomic E-state index is 10.6. The van der Waals surface area contributed by atoms with Crippen molar-refractivity contribution in [2.45, 2.75) is 19.3 Å². The first-order valence-electron chi connectivity index (χ1n) is 4.47. The summed E-state index contributed by atoms with van der Waals surface area (Å²) in [6.07, 6.45) is 2.88. The van der Waals surface area contributed by atoms with Gasteiger partial charge < -0.3 is 9.47 Å². The predicted molar refractivity (Wildman–Crippen MR) is 48.0 cm³/mol. The van der Waals surface area contributed by atoms with Gasteiger partial charge in [-0.05, 0) is 18.8 Å². The number of hydrogen-bond donors (Lipinski definition) is 0. The second-order valence-electron chi connectivity index (χ2n) is 3.05. The molecule has 3 heteroatoms. The third-order valence-electron chi connectivity index (χ3n) is 2.11. The Balaban J connectivity index is 2.22. The molecular formula is C10H14O3. The van der Waals surface area contributed by atoms with Crippen LogP contribution in [0.15, 0.2) is 0 Å². The molecule has 0 aromatic rings. The number of ether oxygens (including phenoxy) is 2. The Bertz CT molecular complexity index is 218. The van der Waals surface area contributed by atoms with Gasteiger partial charge in [0.15, 0.2) is 0 Å². The van der Waals surface area contributed by atoms with Crippen LogP contribution in [-0.4, -0.2) is 26.3 Å². The summed E-state index contributed by atoms with van der Waals surface area (Å²) in [5.74, 6) is 5.39. The Morgan fingerprint density at radius 1 is 1.54 bits per heavy atom. The molecule has 0 aromatic heterocycles. The lowest BCUT2D eigenvalue weighted by atomic mass is 9.97. The molecule has 0 saturated carbocycles. The van der Waals surface area contributed by atoms with E-state index in [0.717, 1.165) is 32.5 Å². The van der Waals surface area contributed by atoms with Crippen molar-refractivity contribution in [3.63, 3.8) is 0 Å². The summed E-state index contributed by atoms with van der Waals surface area (Å²) in [4.78, 5) is 10.6. The number of rotatable bonds is 1. The zero-order valence-electron chi connectivity index (χ0n) is 7.84. The van der Waals surface area contributed by atoms with Gasteiger partial charge in [0.2, 0.25) is 0 Å². The Labute approximate surface area is 78.4 Å². The van der Waals surface area contributed by atoms with E-state index in [-0.39, 0.29) is 0 Å². The van der Waals surface area contributed by atoms with Gasteiger partial charge >= 0.3 is 5.97 Å². The molecule has 13 heavy (non-hydrogen) atoms. The third kappa shape index (κ3) is 3.95. The summed E-state index contributed by atoms with van der Waals surface area (Å²) in [6, 6.07) is 0. The molecule has 0 spiro atoms. The van der Waals surface area contributed by atoms with E-state index in [1.54, 1.807) is 0 Å². The fraction of sp³-hybridized carbons (Fsp3) is 0.700. The Hall–Kier alpha value is -1.01. The number of methoxy groups -OCH3 is 1. The maximum Gasteiger partial charge on any atom is 0.384 e. The molecule has 3 nitrogen and oxygen atoms in total. The number of carbonyl (C=O) groups is 1. The predicted octanol–water partition coefficient (Wildman–Crippen LogP) is 0.979. The minimum atomic E-state index is -0.452. The van der Waals surface area contributed by atoms with Crippen LogP contribution >= 0.6 is 0 Å². The van der Waals surface area contributed by atoms with Crippen LogP contribution in [0.3, 0.4) is 0 Å². The summed E-state index contributed by atoms with van der Waals surface area (Å²) in [5.41, 5.74) is 0. The molecule has 72 valence electrons. The van der Waals surface area contributed by atoms with Gasteiger partial charge in [0.05, 0.1) is 7.11 Å². The van der Waals surface area contributed by atoms with E-state index in [0.29, 0.717) is 5.92 Å². The molecule has 0 N–H and O–H groups in total. The van der Waals surface area contributed by atoms with Gasteiger partial charge in [0.25, 0.3) is 0 Å². The molecule has 0 atom stereocenters. The van der Waals surface area contributed by atoms with Gasteiger partial charge in [-0.15, -0.1) is 0 Å². The van der Waals surface area contributed by atoms with E-state index in [1.807, 2.05) is 0 Å². The molecule has 0 radical (unpaired) electrons. The third-order valence-corrected chi connectivity index (χ3v) is 2.11. The van der Waals surface area contributed by atoms with Crippen LogP contribution < -0.4 is 0 Å². The average molecular weight is 182 g/mol. The smallest absolute Gasteiger partial charge is 0.384 e. The van der Waals surface area contributed by atoms with Crippen LogP contribution in [0, 0.1) is 17.8 Å². The summed E-state index contributed by atoms with van der Waals surface area (Å²) >= 11 is 0. The minimum absolute atomic E-state index is 0.452. The van der Waals surface area contributed by atoms with Crippen molar-refractivity contribution in [1.29, 1.82) is 0 Å². The molecule has 1 aliphatic heterocycles. The second-order valence-corrected chi connectivity index (χ2v) is 3.05. The monoisotopic (exact) mass is 182 g/mol. The standard InChI is InChI=1S/C10H14O3/c1-12-10(11)4-2-3-9-5-7-13-8-6-9/h9H,3,5-8H2,1H3. The SMILES string of the molecule is COC(=O)C#CCC1CCOCC1. The van der Waals surface area contributed by atoms with Gasteiger partial charge in [-0.1, -0.05) is 5.92 Å². The van der Waals surface area contributed by atoms with Crippen molar-refractivity contribution in [2.24, 2.45) is 5.92 Å². The zero-order valence-corrected chi connectivity index (χ0v) is 7.84. The van der Waals surface area contributed by atoms with Crippen molar-refractivity contribution in [2.75, 3.05) is 20.3 Å². The second kappa shape index (κ2) is 5.60. The molecule has 0 amide bonds. The first kappa shape index (κ1) is 10.1. The first-order valence-corrected chi connectivity index (χ1v) is 4.47. The Kier molecular flexibility index (Phi) is 4.34. The highest BCUT2D eigenvalue weighted by atomic mass is 16.5. The molecule has 1 saturated heterocycles. The lowest BCUT2D eigenvalue weighted by Crippen LogP contribution is -2.15. The number of esters is 1. The first-order chi connectivity index (χ1) is 6.33. The molecule has 1 aliphatic rings. The van der Waals surface area contributed by atoms with Gasteiger partial charge in [-0.3, -0.25) is 0 Å². The molecular weight excluding hydrogens is 168 g/mol. The normalized spacial score (nSPS) is 17.3. The molecule has 0 aromatic carbocycles. The highest BCUT2D eigenvalue weighted by Crippen LogP contribution is 2.17. The van der Waals surface area contributed by atoms with E-state index in [4.69, 9.17) is 4.74 Å². The number of carbonyl (C=O) groups excluding carboxylic acids is 1. The summed E-state index contributed by atoms with van der Waals surface area (Å²) in [6.45, 7) is 1.65. The van der Waals surface area contributed by atoms with E-state index in [1.165, 1.54) is 7.11 Å². The van der Waals surface area contributed by atoms with Crippen molar-refractivity contribution in [3.05, 3.63) is 0 Å². The highest BCUT2D eigenvalue weighted by Gasteiger charge is 2.11. The summed E-state index contributed by atoms with van der Waals surface area (Å²) < 4.78 is 9.61. The quantitative estimate of drug-likeness (QED) is 0.344. The fourth-order valence-electron chi connectivity index (χ4n) is 1.27.